The van der Waals surface area contributed by atoms with Gasteiger partial charge in [0.25, 0.3) is 0 Å². The Kier molecular flexibility index (Phi) is 7.21. The number of aryl methyl sites for hydroxylation is 1. The molecule has 9 rings (SSSR count). The van der Waals surface area contributed by atoms with Gasteiger partial charge in [0.05, 0.1) is 11.4 Å². The van der Waals surface area contributed by atoms with Crippen molar-refractivity contribution in [3.05, 3.63) is 181 Å². The molecule has 8 aromatic carbocycles. The van der Waals surface area contributed by atoms with E-state index < -0.39 is 0 Å². The van der Waals surface area contributed by atoms with Crippen LogP contribution in [-0.4, -0.2) is 0 Å². The van der Waals surface area contributed by atoms with Gasteiger partial charge in [-0.1, -0.05) is 105 Å². The van der Waals surface area contributed by atoms with Gasteiger partial charge in [0.15, 0.2) is 0 Å². The normalized spacial score (nSPS) is 13.6. The highest BCUT2D eigenvalue weighted by Gasteiger charge is 2.33. The summed E-state index contributed by atoms with van der Waals surface area (Å²) in [5.41, 5.74) is 11.2. The molecule has 0 saturated carbocycles. The van der Waals surface area contributed by atoms with Gasteiger partial charge in [-0.05, 0) is 124 Å². The smallest absolute Gasteiger partial charge is 0.0543 e. The van der Waals surface area contributed by atoms with Crippen molar-refractivity contribution >= 4 is 66.4 Å². The van der Waals surface area contributed by atoms with Crippen molar-refractivity contribution in [3.63, 3.8) is 0 Å². The second kappa shape index (κ2) is 11.9. The summed E-state index contributed by atoms with van der Waals surface area (Å²) < 4.78 is 0. The molecule has 0 aromatic heterocycles. The van der Waals surface area contributed by atoms with E-state index in [2.05, 4.69) is 182 Å². The number of para-hydroxylation sites is 4. The van der Waals surface area contributed by atoms with Crippen LogP contribution in [0.25, 0.3) is 32.3 Å². The van der Waals surface area contributed by atoms with Crippen LogP contribution in [0, 0.1) is 0 Å². The highest BCUT2D eigenvalue weighted by Crippen LogP contribution is 2.53. The Morgan fingerprint density at radius 2 is 1.02 bits per heavy atom. The van der Waals surface area contributed by atoms with E-state index in [1.807, 2.05) is 6.08 Å². The third-order valence-corrected chi connectivity index (χ3v) is 10.8. The van der Waals surface area contributed by atoms with E-state index in [4.69, 9.17) is 0 Å². The highest BCUT2D eigenvalue weighted by atomic mass is 15.1. The summed E-state index contributed by atoms with van der Waals surface area (Å²) in [7, 11) is 0. The number of rotatable bonds is 8. The molecule has 0 heterocycles. The van der Waals surface area contributed by atoms with Crippen molar-refractivity contribution in [1.29, 1.82) is 0 Å². The van der Waals surface area contributed by atoms with Gasteiger partial charge >= 0.3 is 0 Å². The topological polar surface area (TPSA) is 6.48 Å². The van der Waals surface area contributed by atoms with E-state index in [0.717, 1.165) is 42.0 Å². The molecular weight excluding hydrogens is 605 g/mol. The monoisotopic (exact) mass is 644 g/mol. The van der Waals surface area contributed by atoms with Gasteiger partial charge in [0.1, 0.15) is 0 Å². The maximum atomic E-state index is 4.21. The summed E-state index contributed by atoms with van der Waals surface area (Å²) in [6.45, 7) is 9.08. The van der Waals surface area contributed by atoms with E-state index in [-0.39, 0.29) is 5.41 Å². The standard InChI is InChI=1S/C48H40N2/c1-4-17-33-30-44(50(37-22-13-7-14-23-37)38-24-15-8-16-25-38)41-32-42-45-34(28-29-48(42,2)3)31-43(40-27-26-39(33)46(41)47(40)45)49(35-18-9-5-10-19-35)36-20-11-6-12-21-36/h4-16,18-27,30-32H,1,17,28-29H2,2-3H3. The minimum Gasteiger partial charge on any atom is -0.310 e. The minimum atomic E-state index is 0.0290. The summed E-state index contributed by atoms with van der Waals surface area (Å²) in [5, 5.41) is 8.03. The first kappa shape index (κ1) is 30.2. The summed E-state index contributed by atoms with van der Waals surface area (Å²) >= 11 is 0. The molecule has 0 bridgehead atoms. The minimum absolute atomic E-state index is 0.0290. The Bertz CT molecular complexity index is 2400. The van der Waals surface area contributed by atoms with Crippen molar-refractivity contribution in [2.45, 2.75) is 38.5 Å². The lowest BCUT2D eigenvalue weighted by Gasteiger charge is -2.37. The molecule has 242 valence electrons. The molecule has 8 aromatic rings. The second-order valence-electron chi connectivity index (χ2n) is 14.3. The Morgan fingerprint density at radius 1 is 0.540 bits per heavy atom. The van der Waals surface area contributed by atoms with Gasteiger partial charge in [-0.25, -0.2) is 0 Å². The molecule has 0 unspecified atom stereocenters. The molecule has 0 radical (unpaired) electrons. The third kappa shape index (κ3) is 4.78. The Labute approximate surface area is 294 Å². The van der Waals surface area contributed by atoms with Gasteiger partial charge in [-0.3, -0.25) is 0 Å². The Morgan fingerprint density at radius 3 is 1.52 bits per heavy atom. The summed E-state index contributed by atoms with van der Waals surface area (Å²) in [4.78, 5) is 4.90. The van der Waals surface area contributed by atoms with E-state index in [0.29, 0.717) is 0 Å². The molecule has 0 atom stereocenters. The van der Waals surface area contributed by atoms with E-state index >= 15 is 0 Å². The lowest BCUT2D eigenvalue weighted by Crippen LogP contribution is -2.24. The van der Waals surface area contributed by atoms with Crippen LogP contribution in [0.15, 0.2) is 164 Å². The van der Waals surface area contributed by atoms with Crippen LogP contribution in [0.3, 0.4) is 0 Å². The van der Waals surface area contributed by atoms with Crippen LogP contribution >= 0.6 is 0 Å². The van der Waals surface area contributed by atoms with Crippen LogP contribution < -0.4 is 9.80 Å². The molecule has 1 aliphatic carbocycles. The van der Waals surface area contributed by atoms with Crippen LogP contribution in [-0.2, 0) is 18.3 Å². The predicted molar refractivity (Wildman–Crippen MR) is 215 cm³/mol. The SMILES string of the molecule is C=CCc1cc(N(c2ccccc2)c2ccccc2)c2cc3c4c(cc(N(c5ccccc5)c5ccccc5)c5ccc1c2c54)CCC3(C)C. The number of nitrogens with zero attached hydrogens (tertiary/aromatic N) is 2. The van der Waals surface area contributed by atoms with Crippen molar-refractivity contribution in [3.8, 4) is 0 Å². The van der Waals surface area contributed by atoms with Crippen molar-refractivity contribution < 1.29 is 0 Å². The van der Waals surface area contributed by atoms with E-state index in [9.17, 15) is 0 Å². The number of benzene rings is 8. The fourth-order valence-electron chi connectivity index (χ4n) is 8.39. The molecule has 50 heavy (non-hydrogen) atoms. The molecule has 0 aliphatic heterocycles. The third-order valence-electron chi connectivity index (χ3n) is 10.8. The number of hydrogen-bond donors (Lipinski definition) is 0. The molecule has 0 fully saturated rings. The summed E-state index contributed by atoms with van der Waals surface area (Å²) in [5.74, 6) is 0. The number of anilines is 6. The maximum absolute atomic E-state index is 4.21. The zero-order valence-corrected chi connectivity index (χ0v) is 28.7. The molecule has 1 aliphatic rings. The summed E-state index contributed by atoms with van der Waals surface area (Å²) in [6.07, 6.45) is 4.98. The van der Waals surface area contributed by atoms with E-state index in [1.165, 1.54) is 60.4 Å². The van der Waals surface area contributed by atoms with Crippen LogP contribution in [0.1, 0.15) is 37.0 Å². The Hall–Kier alpha value is -5.86. The first-order chi connectivity index (χ1) is 24.5. The zero-order valence-electron chi connectivity index (χ0n) is 28.7. The molecule has 0 amide bonds. The average Bonchev–Trinajstić information content (AvgIpc) is 3.16. The molecular formula is C48H40N2. The molecule has 0 N–H and O–H groups in total. The lowest BCUT2D eigenvalue weighted by atomic mass is 9.70. The molecule has 2 heteroatoms. The first-order valence-electron chi connectivity index (χ1n) is 17.8. The Balaban J connectivity index is 1.46. The van der Waals surface area contributed by atoms with Crippen LogP contribution in [0.5, 0.6) is 0 Å². The van der Waals surface area contributed by atoms with Crippen molar-refractivity contribution in [1.82, 2.24) is 0 Å². The van der Waals surface area contributed by atoms with Crippen molar-refractivity contribution in [2.75, 3.05) is 9.80 Å². The summed E-state index contributed by atoms with van der Waals surface area (Å²) in [6, 6.07) is 55.5. The number of hydrogen-bond acceptors (Lipinski definition) is 2. The van der Waals surface area contributed by atoms with Gasteiger partial charge in [-0.15, -0.1) is 6.58 Å². The lowest BCUT2D eigenvalue weighted by molar-refractivity contribution is 0.475. The quantitative estimate of drug-likeness (QED) is 0.120. The molecule has 0 spiro atoms. The van der Waals surface area contributed by atoms with Gasteiger partial charge in [0, 0.05) is 38.9 Å². The highest BCUT2D eigenvalue weighted by molar-refractivity contribution is 6.30. The predicted octanol–water partition coefficient (Wildman–Crippen LogP) is 13.5. The molecule has 0 saturated heterocycles. The average molecular weight is 645 g/mol. The van der Waals surface area contributed by atoms with Gasteiger partial charge in [0.2, 0.25) is 0 Å². The largest absolute Gasteiger partial charge is 0.310 e. The van der Waals surface area contributed by atoms with E-state index in [1.54, 1.807) is 0 Å². The van der Waals surface area contributed by atoms with Gasteiger partial charge in [-0.2, -0.15) is 0 Å². The maximum Gasteiger partial charge on any atom is 0.0543 e. The fourth-order valence-corrected chi connectivity index (χ4v) is 8.39. The van der Waals surface area contributed by atoms with Crippen molar-refractivity contribution in [2.24, 2.45) is 0 Å². The van der Waals surface area contributed by atoms with Gasteiger partial charge < -0.3 is 9.80 Å². The second-order valence-corrected chi connectivity index (χ2v) is 14.3. The van der Waals surface area contributed by atoms with Crippen LogP contribution in [0.4, 0.5) is 34.1 Å². The number of allylic oxidation sites excluding steroid dienone is 1. The molecule has 2 nitrogen and oxygen atoms in total. The zero-order chi connectivity index (χ0) is 33.8. The van der Waals surface area contributed by atoms with Crippen LogP contribution in [0.2, 0.25) is 0 Å². The fraction of sp³-hybridized carbons (Fsp3) is 0.125. The first-order valence-corrected chi connectivity index (χ1v) is 17.8.